The SMILES string of the molecule is CCC(=O)ONC(=O)C[C@@](CC)(c1cncc(-c2c(C)cncc2C)c1)n1ccc(C)cc1=O. The van der Waals surface area contributed by atoms with E-state index in [0.717, 1.165) is 27.8 Å². The number of carbonyl (C=O) groups is 2. The molecule has 0 aromatic carbocycles. The van der Waals surface area contributed by atoms with Gasteiger partial charge < -0.3 is 9.40 Å². The van der Waals surface area contributed by atoms with Gasteiger partial charge in [-0.05, 0) is 67.1 Å². The van der Waals surface area contributed by atoms with Crippen LogP contribution in [0.2, 0.25) is 0 Å². The van der Waals surface area contributed by atoms with Gasteiger partial charge in [-0.15, -0.1) is 0 Å². The van der Waals surface area contributed by atoms with Gasteiger partial charge in [-0.2, -0.15) is 5.48 Å². The molecule has 1 N–H and O–H groups in total. The Morgan fingerprint density at radius 1 is 1.03 bits per heavy atom. The number of aromatic nitrogens is 3. The summed E-state index contributed by atoms with van der Waals surface area (Å²) in [4.78, 5) is 51.1. The summed E-state index contributed by atoms with van der Waals surface area (Å²) in [6, 6.07) is 5.33. The van der Waals surface area contributed by atoms with E-state index in [9.17, 15) is 14.4 Å². The predicted octanol–water partition coefficient (Wildman–Crippen LogP) is 3.76. The van der Waals surface area contributed by atoms with E-state index in [4.69, 9.17) is 4.84 Å². The third-order valence-electron chi connectivity index (χ3n) is 6.03. The lowest BCUT2D eigenvalue weighted by molar-refractivity contribution is -0.158. The highest BCUT2D eigenvalue weighted by atomic mass is 16.7. The minimum Gasteiger partial charge on any atom is -0.341 e. The van der Waals surface area contributed by atoms with Crippen molar-refractivity contribution in [2.24, 2.45) is 0 Å². The van der Waals surface area contributed by atoms with Crippen LogP contribution in [-0.4, -0.2) is 26.4 Å². The molecular formula is C26H30N4O4. The Bertz CT molecular complexity index is 1250. The van der Waals surface area contributed by atoms with Gasteiger partial charge in [-0.25, -0.2) is 4.79 Å². The molecule has 8 heteroatoms. The van der Waals surface area contributed by atoms with Crippen LogP contribution >= 0.6 is 0 Å². The second kappa shape index (κ2) is 10.4. The molecule has 0 unspecified atom stereocenters. The number of rotatable bonds is 7. The van der Waals surface area contributed by atoms with Gasteiger partial charge in [-0.3, -0.25) is 19.6 Å². The molecule has 3 aromatic heterocycles. The number of nitrogens with one attached hydrogen (secondary N) is 1. The number of hydrogen-bond acceptors (Lipinski definition) is 6. The Labute approximate surface area is 199 Å². The molecule has 0 bridgehead atoms. The van der Waals surface area contributed by atoms with E-state index in [0.29, 0.717) is 12.0 Å². The van der Waals surface area contributed by atoms with Gasteiger partial charge in [0.1, 0.15) is 0 Å². The molecule has 0 aliphatic carbocycles. The van der Waals surface area contributed by atoms with E-state index in [-0.39, 0.29) is 18.4 Å². The Morgan fingerprint density at radius 2 is 1.71 bits per heavy atom. The Balaban J connectivity index is 2.17. The quantitative estimate of drug-likeness (QED) is 0.536. The third kappa shape index (κ3) is 5.06. The molecule has 1 amide bonds. The fourth-order valence-corrected chi connectivity index (χ4v) is 4.23. The van der Waals surface area contributed by atoms with Crippen LogP contribution in [0.4, 0.5) is 0 Å². The number of nitrogens with zero attached hydrogens (tertiary/aromatic N) is 3. The Hall–Kier alpha value is -3.81. The second-order valence-corrected chi connectivity index (χ2v) is 8.44. The lowest BCUT2D eigenvalue weighted by atomic mass is 9.82. The molecule has 0 aliphatic rings. The van der Waals surface area contributed by atoms with E-state index in [1.165, 1.54) is 6.07 Å². The molecule has 0 fully saturated rings. The second-order valence-electron chi connectivity index (χ2n) is 8.44. The summed E-state index contributed by atoms with van der Waals surface area (Å²) in [5, 5.41) is 0. The molecule has 3 rings (SSSR count). The standard InChI is InChI=1S/C26H30N4O4/c1-6-24(33)34-29-22(31)12-26(7-2,30-9-8-17(3)10-23(30)32)21-11-20(15-28-16-21)25-18(4)13-27-14-19(25)5/h8-11,13-16H,6-7,12H2,1-5H3,(H,29,31)/t26-/m0/s1. The van der Waals surface area contributed by atoms with Crippen molar-refractivity contribution in [1.82, 2.24) is 20.0 Å². The average molecular weight is 463 g/mol. The highest BCUT2D eigenvalue weighted by Gasteiger charge is 2.37. The molecule has 1 atom stereocenters. The van der Waals surface area contributed by atoms with Crippen LogP contribution in [0.1, 0.15) is 55.4 Å². The molecule has 0 aliphatic heterocycles. The number of amides is 1. The first-order valence-corrected chi connectivity index (χ1v) is 11.3. The maximum Gasteiger partial charge on any atom is 0.331 e. The summed E-state index contributed by atoms with van der Waals surface area (Å²) < 4.78 is 1.56. The molecule has 178 valence electrons. The van der Waals surface area contributed by atoms with Crippen molar-refractivity contribution in [2.75, 3.05) is 0 Å². The Morgan fingerprint density at radius 3 is 2.32 bits per heavy atom. The first-order valence-electron chi connectivity index (χ1n) is 11.3. The summed E-state index contributed by atoms with van der Waals surface area (Å²) in [5.74, 6) is -1.06. The minimum absolute atomic E-state index is 0.122. The zero-order chi connectivity index (χ0) is 24.9. The van der Waals surface area contributed by atoms with Gasteiger partial charge in [0.2, 0.25) is 0 Å². The van der Waals surface area contributed by atoms with Crippen molar-refractivity contribution in [3.05, 3.63) is 81.8 Å². The number of pyridine rings is 3. The monoisotopic (exact) mass is 462 g/mol. The largest absolute Gasteiger partial charge is 0.341 e. The van der Waals surface area contributed by atoms with Gasteiger partial charge in [0.15, 0.2) is 0 Å². The maximum absolute atomic E-state index is 13.1. The molecule has 0 saturated heterocycles. The van der Waals surface area contributed by atoms with Crippen molar-refractivity contribution in [3.63, 3.8) is 0 Å². The highest BCUT2D eigenvalue weighted by molar-refractivity contribution is 5.79. The summed E-state index contributed by atoms with van der Waals surface area (Å²) in [6.45, 7) is 9.35. The van der Waals surface area contributed by atoms with Crippen LogP contribution in [0, 0.1) is 20.8 Å². The van der Waals surface area contributed by atoms with Gasteiger partial charge in [-0.1, -0.05) is 13.8 Å². The average Bonchev–Trinajstić information content (AvgIpc) is 2.81. The number of carbonyl (C=O) groups excluding carboxylic acids is 2. The van der Waals surface area contributed by atoms with E-state index >= 15 is 0 Å². The van der Waals surface area contributed by atoms with Gasteiger partial charge in [0.05, 0.1) is 12.0 Å². The summed E-state index contributed by atoms with van der Waals surface area (Å²) in [6.07, 6.45) is 9.16. The van der Waals surface area contributed by atoms with Crippen LogP contribution in [0.3, 0.4) is 0 Å². The first-order chi connectivity index (χ1) is 16.2. The predicted molar refractivity (Wildman–Crippen MR) is 129 cm³/mol. The van der Waals surface area contributed by atoms with Gasteiger partial charge >= 0.3 is 5.97 Å². The smallest absolute Gasteiger partial charge is 0.331 e. The zero-order valence-corrected chi connectivity index (χ0v) is 20.2. The minimum atomic E-state index is -1.05. The fourth-order valence-electron chi connectivity index (χ4n) is 4.23. The van der Waals surface area contributed by atoms with Gasteiger partial charge in [0, 0.05) is 49.0 Å². The van der Waals surface area contributed by atoms with Crippen molar-refractivity contribution in [1.29, 1.82) is 0 Å². The summed E-state index contributed by atoms with van der Waals surface area (Å²) in [5.41, 5.74) is 6.33. The van der Waals surface area contributed by atoms with E-state index in [2.05, 4.69) is 15.4 Å². The van der Waals surface area contributed by atoms with Crippen molar-refractivity contribution in [2.45, 2.75) is 59.4 Å². The third-order valence-corrected chi connectivity index (χ3v) is 6.03. The molecule has 0 spiro atoms. The maximum atomic E-state index is 13.1. The van der Waals surface area contributed by atoms with Crippen LogP contribution in [0.15, 0.2) is 54.0 Å². The molecule has 3 aromatic rings. The number of aryl methyl sites for hydroxylation is 3. The van der Waals surface area contributed by atoms with Crippen LogP contribution in [0.25, 0.3) is 11.1 Å². The molecule has 0 saturated carbocycles. The number of hydroxylamine groups is 1. The molecule has 0 radical (unpaired) electrons. The van der Waals surface area contributed by atoms with Crippen molar-refractivity contribution >= 4 is 11.9 Å². The topological polar surface area (TPSA) is 103 Å². The highest BCUT2D eigenvalue weighted by Crippen LogP contribution is 2.35. The lowest BCUT2D eigenvalue weighted by Crippen LogP contribution is -2.45. The lowest BCUT2D eigenvalue weighted by Gasteiger charge is -2.35. The van der Waals surface area contributed by atoms with Crippen molar-refractivity contribution < 1.29 is 14.4 Å². The van der Waals surface area contributed by atoms with E-state index in [1.54, 1.807) is 42.5 Å². The molecular weight excluding hydrogens is 432 g/mol. The molecule has 8 nitrogen and oxygen atoms in total. The zero-order valence-electron chi connectivity index (χ0n) is 20.2. The van der Waals surface area contributed by atoms with Gasteiger partial charge in [0.25, 0.3) is 11.5 Å². The fraction of sp³-hybridized carbons (Fsp3) is 0.346. The number of hydrogen-bond donors (Lipinski definition) is 1. The molecule has 3 heterocycles. The Kier molecular flexibility index (Phi) is 7.61. The van der Waals surface area contributed by atoms with Crippen molar-refractivity contribution in [3.8, 4) is 11.1 Å². The van der Waals surface area contributed by atoms with Crippen LogP contribution in [0.5, 0.6) is 0 Å². The first kappa shape index (κ1) is 24.8. The van der Waals surface area contributed by atoms with Crippen LogP contribution in [-0.2, 0) is 20.0 Å². The van der Waals surface area contributed by atoms with E-state index < -0.39 is 17.4 Å². The summed E-state index contributed by atoms with van der Waals surface area (Å²) >= 11 is 0. The molecule has 34 heavy (non-hydrogen) atoms. The normalized spacial score (nSPS) is 12.6. The summed E-state index contributed by atoms with van der Waals surface area (Å²) in [7, 11) is 0. The van der Waals surface area contributed by atoms with Crippen LogP contribution < -0.4 is 11.0 Å². The van der Waals surface area contributed by atoms with E-state index in [1.807, 2.05) is 39.8 Å².